The van der Waals surface area contributed by atoms with Gasteiger partial charge in [0.15, 0.2) is 0 Å². The number of nitrogens with two attached hydrogens (primary N) is 1. The molecule has 0 saturated heterocycles. The van der Waals surface area contributed by atoms with E-state index in [0.717, 1.165) is 29.5 Å². The Morgan fingerprint density at radius 1 is 1.32 bits per heavy atom. The van der Waals surface area contributed by atoms with Crippen LogP contribution in [0.2, 0.25) is 0 Å². The van der Waals surface area contributed by atoms with E-state index >= 15 is 0 Å². The molecule has 0 aliphatic rings. The van der Waals surface area contributed by atoms with Gasteiger partial charge in [-0.1, -0.05) is 26.0 Å². The molecule has 0 spiro atoms. The van der Waals surface area contributed by atoms with Gasteiger partial charge in [-0.25, -0.2) is 4.39 Å². The molecule has 2 N–H and O–H groups in total. The largest absolute Gasteiger partial charge is 0.383 e. The fourth-order valence-corrected chi connectivity index (χ4v) is 2.42. The van der Waals surface area contributed by atoms with E-state index in [2.05, 4.69) is 18.9 Å². The zero-order valence-electron chi connectivity index (χ0n) is 11.7. The number of anilines is 1. The summed E-state index contributed by atoms with van der Waals surface area (Å²) in [5.41, 5.74) is 8.25. The molecule has 0 fully saturated rings. The van der Waals surface area contributed by atoms with Crippen molar-refractivity contribution < 1.29 is 4.39 Å². The molecule has 3 nitrogen and oxygen atoms in total. The second-order valence-corrected chi connectivity index (χ2v) is 4.82. The number of nitrogens with zero attached hydrogens (tertiary/aromatic N) is 2. The third kappa shape index (κ3) is 2.48. The molecule has 102 valence electrons. The highest BCUT2D eigenvalue weighted by Crippen LogP contribution is 2.31. The number of nitrogen functional groups attached to an aromatic ring is 1. The first-order valence-corrected chi connectivity index (χ1v) is 6.65. The van der Waals surface area contributed by atoms with E-state index in [4.69, 9.17) is 5.73 Å². The van der Waals surface area contributed by atoms with E-state index < -0.39 is 0 Å². The van der Waals surface area contributed by atoms with Crippen LogP contribution in [-0.4, -0.2) is 9.78 Å². The van der Waals surface area contributed by atoms with Crippen molar-refractivity contribution in [3.63, 3.8) is 0 Å². The highest BCUT2D eigenvalue weighted by molar-refractivity contribution is 5.73. The van der Waals surface area contributed by atoms with Gasteiger partial charge < -0.3 is 5.73 Å². The van der Waals surface area contributed by atoms with Gasteiger partial charge in [-0.15, -0.1) is 0 Å². The second kappa shape index (κ2) is 5.43. The van der Waals surface area contributed by atoms with Crippen LogP contribution >= 0.6 is 0 Å². The molecular formula is C15H20FN3. The Bertz CT molecular complexity index is 571. The van der Waals surface area contributed by atoms with Crippen LogP contribution < -0.4 is 5.73 Å². The van der Waals surface area contributed by atoms with Crippen LogP contribution in [0.25, 0.3) is 11.1 Å². The highest BCUT2D eigenvalue weighted by Gasteiger charge is 2.14. The molecule has 1 heterocycles. The smallest absolute Gasteiger partial charge is 0.129 e. The zero-order chi connectivity index (χ0) is 14.0. The Morgan fingerprint density at radius 3 is 2.47 bits per heavy atom. The molecule has 2 rings (SSSR count). The van der Waals surface area contributed by atoms with Gasteiger partial charge >= 0.3 is 0 Å². The minimum atomic E-state index is -0.158. The van der Waals surface area contributed by atoms with Gasteiger partial charge in [0.1, 0.15) is 11.6 Å². The summed E-state index contributed by atoms with van der Waals surface area (Å²) in [6.45, 7) is 4.17. The summed E-state index contributed by atoms with van der Waals surface area (Å²) < 4.78 is 15.8. The maximum atomic E-state index is 14.2. The SMILES string of the molecule is CCC(CC)c1ccc(-c2cnn(C)c2N)cc1F. The van der Waals surface area contributed by atoms with Crippen molar-refractivity contribution >= 4 is 5.82 Å². The van der Waals surface area contributed by atoms with Crippen molar-refractivity contribution in [1.29, 1.82) is 0 Å². The van der Waals surface area contributed by atoms with Crippen molar-refractivity contribution in [2.75, 3.05) is 5.73 Å². The van der Waals surface area contributed by atoms with Crippen molar-refractivity contribution in [2.45, 2.75) is 32.6 Å². The predicted molar refractivity (Wildman–Crippen MR) is 76.3 cm³/mol. The molecule has 1 aromatic heterocycles. The Balaban J connectivity index is 2.41. The minimum Gasteiger partial charge on any atom is -0.383 e. The lowest BCUT2D eigenvalue weighted by Crippen LogP contribution is -2.00. The molecule has 0 amide bonds. The molecule has 0 atom stereocenters. The lowest BCUT2D eigenvalue weighted by molar-refractivity contribution is 0.558. The Labute approximate surface area is 113 Å². The van der Waals surface area contributed by atoms with Gasteiger partial charge in [0.25, 0.3) is 0 Å². The van der Waals surface area contributed by atoms with Crippen molar-refractivity contribution in [2.24, 2.45) is 7.05 Å². The summed E-state index contributed by atoms with van der Waals surface area (Å²) in [6.07, 6.45) is 3.56. The molecule has 0 saturated carbocycles. The van der Waals surface area contributed by atoms with E-state index in [9.17, 15) is 4.39 Å². The molecule has 0 radical (unpaired) electrons. The van der Waals surface area contributed by atoms with Crippen LogP contribution in [0.5, 0.6) is 0 Å². The molecule has 0 unspecified atom stereocenters. The fourth-order valence-electron chi connectivity index (χ4n) is 2.42. The van der Waals surface area contributed by atoms with Crippen LogP contribution in [0.15, 0.2) is 24.4 Å². The Hall–Kier alpha value is -1.84. The summed E-state index contributed by atoms with van der Waals surface area (Å²) in [5.74, 6) is 0.671. The number of hydrogen-bond acceptors (Lipinski definition) is 2. The Kier molecular flexibility index (Phi) is 3.88. The van der Waals surface area contributed by atoms with Gasteiger partial charge in [0.05, 0.1) is 6.20 Å². The van der Waals surface area contributed by atoms with Crippen molar-refractivity contribution in [3.05, 3.63) is 35.8 Å². The number of benzene rings is 1. The summed E-state index contributed by atoms with van der Waals surface area (Å²) in [4.78, 5) is 0. The predicted octanol–water partition coefficient (Wildman–Crippen LogP) is 3.71. The third-order valence-corrected chi connectivity index (χ3v) is 3.72. The first-order chi connectivity index (χ1) is 9.08. The number of aryl methyl sites for hydroxylation is 1. The molecule has 0 aliphatic carbocycles. The monoisotopic (exact) mass is 261 g/mol. The van der Waals surface area contributed by atoms with Crippen LogP contribution in [0, 0.1) is 5.82 Å². The van der Waals surface area contributed by atoms with Gasteiger partial charge in [0.2, 0.25) is 0 Å². The van der Waals surface area contributed by atoms with E-state index in [1.165, 1.54) is 0 Å². The quantitative estimate of drug-likeness (QED) is 0.911. The second-order valence-electron chi connectivity index (χ2n) is 4.82. The van der Waals surface area contributed by atoms with Crippen molar-refractivity contribution in [1.82, 2.24) is 9.78 Å². The van der Waals surface area contributed by atoms with Crippen LogP contribution in [0.1, 0.15) is 38.2 Å². The minimum absolute atomic E-state index is 0.158. The lowest BCUT2D eigenvalue weighted by atomic mass is 9.92. The van der Waals surface area contributed by atoms with Gasteiger partial charge in [0, 0.05) is 12.6 Å². The number of aromatic nitrogens is 2. The lowest BCUT2D eigenvalue weighted by Gasteiger charge is -2.14. The summed E-state index contributed by atoms with van der Waals surface area (Å²) in [6, 6.07) is 5.35. The Morgan fingerprint density at radius 2 is 2.00 bits per heavy atom. The molecule has 2 aromatic rings. The maximum Gasteiger partial charge on any atom is 0.129 e. The van der Waals surface area contributed by atoms with E-state index in [1.807, 2.05) is 12.1 Å². The molecule has 1 aromatic carbocycles. The number of hydrogen-bond donors (Lipinski definition) is 1. The number of halogens is 1. The van der Waals surface area contributed by atoms with Gasteiger partial charge in [-0.2, -0.15) is 5.10 Å². The van der Waals surface area contributed by atoms with Crippen LogP contribution in [0.4, 0.5) is 10.2 Å². The topological polar surface area (TPSA) is 43.8 Å². The van der Waals surface area contributed by atoms with E-state index in [-0.39, 0.29) is 11.7 Å². The van der Waals surface area contributed by atoms with Gasteiger partial charge in [-0.3, -0.25) is 4.68 Å². The van der Waals surface area contributed by atoms with Crippen molar-refractivity contribution in [3.8, 4) is 11.1 Å². The van der Waals surface area contributed by atoms with Gasteiger partial charge in [-0.05, 0) is 36.0 Å². The normalized spacial score (nSPS) is 11.2. The zero-order valence-corrected chi connectivity index (χ0v) is 11.7. The molecule has 0 aliphatic heterocycles. The van der Waals surface area contributed by atoms with E-state index in [1.54, 1.807) is 24.0 Å². The average molecular weight is 261 g/mol. The van der Waals surface area contributed by atoms with E-state index in [0.29, 0.717) is 5.82 Å². The molecule has 4 heteroatoms. The standard InChI is InChI=1S/C15H20FN3/c1-4-10(5-2)12-7-6-11(8-14(12)16)13-9-18-19(3)15(13)17/h6-10H,4-5,17H2,1-3H3. The van der Waals surface area contributed by atoms with Crippen LogP contribution in [0.3, 0.4) is 0 Å². The molecule has 19 heavy (non-hydrogen) atoms. The summed E-state index contributed by atoms with van der Waals surface area (Å²) in [7, 11) is 1.77. The maximum absolute atomic E-state index is 14.2. The highest BCUT2D eigenvalue weighted by atomic mass is 19.1. The summed E-state index contributed by atoms with van der Waals surface area (Å²) in [5, 5.41) is 4.08. The van der Waals surface area contributed by atoms with Crippen LogP contribution in [-0.2, 0) is 7.05 Å². The average Bonchev–Trinajstić information content (AvgIpc) is 2.73. The fraction of sp³-hybridized carbons (Fsp3) is 0.400. The molecule has 0 bridgehead atoms. The first-order valence-electron chi connectivity index (χ1n) is 6.65. The third-order valence-electron chi connectivity index (χ3n) is 3.72. The molecular weight excluding hydrogens is 241 g/mol. The first kappa shape index (κ1) is 13.6. The summed E-state index contributed by atoms with van der Waals surface area (Å²) >= 11 is 0. The number of rotatable bonds is 4.